The Hall–Kier alpha value is -2.35. The fourth-order valence-corrected chi connectivity index (χ4v) is 2.29. The monoisotopic (exact) mass is 272 g/mol. The molecule has 0 aromatic heterocycles. The molecular formula is C15H16N2O3. The predicted molar refractivity (Wildman–Crippen MR) is 71.6 cm³/mol. The summed E-state index contributed by atoms with van der Waals surface area (Å²) in [4.78, 5) is 25.3. The first-order valence-corrected chi connectivity index (χ1v) is 6.41. The van der Waals surface area contributed by atoms with E-state index in [0.717, 1.165) is 5.56 Å². The third-order valence-corrected chi connectivity index (χ3v) is 3.79. The van der Waals surface area contributed by atoms with Crippen molar-refractivity contribution in [3.8, 4) is 11.8 Å². The largest absolute Gasteiger partial charge is 0.495 e. The molecule has 5 nitrogen and oxygen atoms in total. The zero-order valence-corrected chi connectivity index (χ0v) is 11.7. The van der Waals surface area contributed by atoms with Gasteiger partial charge in [-0.25, -0.2) is 0 Å². The van der Waals surface area contributed by atoms with Crippen LogP contribution in [0.3, 0.4) is 0 Å². The van der Waals surface area contributed by atoms with Gasteiger partial charge in [-0.1, -0.05) is 19.9 Å². The van der Waals surface area contributed by atoms with Crippen molar-refractivity contribution in [2.24, 2.45) is 11.8 Å². The number of rotatable bonds is 3. The molecule has 1 aromatic rings. The van der Waals surface area contributed by atoms with Gasteiger partial charge in [-0.05, 0) is 17.7 Å². The van der Waals surface area contributed by atoms with Gasteiger partial charge in [-0.3, -0.25) is 14.5 Å². The molecule has 2 atom stereocenters. The molecule has 20 heavy (non-hydrogen) atoms. The molecule has 2 unspecified atom stereocenters. The molecule has 0 saturated carbocycles. The molecule has 0 radical (unpaired) electrons. The molecule has 0 aliphatic carbocycles. The maximum Gasteiger partial charge on any atom is 0.233 e. The van der Waals surface area contributed by atoms with Crippen LogP contribution in [-0.2, 0) is 16.1 Å². The highest BCUT2D eigenvalue weighted by Crippen LogP contribution is 2.28. The lowest BCUT2D eigenvalue weighted by molar-refractivity contribution is -0.140. The van der Waals surface area contributed by atoms with Gasteiger partial charge in [0.25, 0.3) is 0 Å². The fourth-order valence-electron chi connectivity index (χ4n) is 2.29. The van der Waals surface area contributed by atoms with Gasteiger partial charge in [-0.15, -0.1) is 0 Å². The Labute approximate surface area is 117 Å². The zero-order chi connectivity index (χ0) is 14.9. The number of amides is 2. The standard InChI is InChI=1S/C15H16N2O3/c1-9-10(2)15(19)17(14(9)18)8-11-4-5-12(7-16)13(6-11)20-3/h4-6,9-10H,8H2,1-3H3. The van der Waals surface area contributed by atoms with Crippen LogP contribution >= 0.6 is 0 Å². The van der Waals surface area contributed by atoms with E-state index in [4.69, 9.17) is 10.00 Å². The fraction of sp³-hybridized carbons (Fsp3) is 0.400. The summed E-state index contributed by atoms with van der Waals surface area (Å²) in [5, 5.41) is 8.93. The Morgan fingerprint density at radius 1 is 1.25 bits per heavy atom. The Balaban J connectivity index is 2.25. The number of likely N-dealkylation sites (tertiary alicyclic amines) is 1. The molecule has 1 aliphatic rings. The normalized spacial score (nSPS) is 22.0. The van der Waals surface area contributed by atoms with Gasteiger partial charge < -0.3 is 4.74 Å². The van der Waals surface area contributed by atoms with Crippen molar-refractivity contribution in [3.05, 3.63) is 29.3 Å². The molecule has 104 valence electrons. The molecule has 1 aliphatic heterocycles. The quantitative estimate of drug-likeness (QED) is 0.785. The van der Waals surface area contributed by atoms with E-state index < -0.39 is 0 Å². The van der Waals surface area contributed by atoms with Gasteiger partial charge in [0.2, 0.25) is 11.8 Å². The molecule has 2 amide bonds. The van der Waals surface area contributed by atoms with Crippen LogP contribution in [-0.4, -0.2) is 23.8 Å². The molecular weight excluding hydrogens is 256 g/mol. The number of hydrogen-bond acceptors (Lipinski definition) is 4. The summed E-state index contributed by atoms with van der Waals surface area (Å²) < 4.78 is 5.13. The molecule has 0 bridgehead atoms. The van der Waals surface area contributed by atoms with E-state index in [1.807, 2.05) is 6.07 Å². The Kier molecular flexibility index (Phi) is 3.75. The second kappa shape index (κ2) is 5.33. The summed E-state index contributed by atoms with van der Waals surface area (Å²) in [6, 6.07) is 7.08. The molecule has 2 rings (SSSR count). The maximum absolute atomic E-state index is 12.0. The topological polar surface area (TPSA) is 70.4 Å². The first kappa shape index (κ1) is 14.1. The molecule has 1 heterocycles. The third kappa shape index (κ3) is 2.25. The van der Waals surface area contributed by atoms with Gasteiger partial charge in [0.1, 0.15) is 11.8 Å². The van der Waals surface area contributed by atoms with E-state index in [-0.39, 0.29) is 30.2 Å². The van der Waals surface area contributed by atoms with Crippen molar-refractivity contribution < 1.29 is 14.3 Å². The molecule has 0 spiro atoms. The second-order valence-corrected chi connectivity index (χ2v) is 4.99. The van der Waals surface area contributed by atoms with E-state index >= 15 is 0 Å². The van der Waals surface area contributed by atoms with E-state index in [1.54, 1.807) is 32.0 Å². The van der Waals surface area contributed by atoms with Crippen molar-refractivity contribution in [1.29, 1.82) is 5.26 Å². The Bertz CT molecular complexity index is 584. The predicted octanol–water partition coefficient (Wildman–Crippen LogP) is 1.71. The number of carbonyl (C=O) groups excluding carboxylic acids is 2. The number of benzene rings is 1. The maximum atomic E-state index is 12.0. The zero-order valence-electron chi connectivity index (χ0n) is 11.7. The van der Waals surface area contributed by atoms with Crippen molar-refractivity contribution in [3.63, 3.8) is 0 Å². The van der Waals surface area contributed by atoms with Crippen LogP contribution in [0.25, 0.3) is 0 Å². The first-order valence-electron chi connectivity index (χ1n) is 6.41. The molecule has 1 fully saturated rings. The minimum Gasteiger partial charge on any atom is -0.495 e. The first-order chi connectivity index (χ1) is 9.49. The number of ether oxygens (including phenoxy) is 1. The van der Waals surface area contributed by atoms with Crippen molar-refractivity contribution in [2.45, 2.75) is 20.4 Å². The van der Waals surface area contributed by atoms with Gasteiger partial charge in [0.15, 0.2) is 0 Å². The van der Waals surface area contributed by atoms with Crippen LogP contribution in [0.5, 0.6) is 5.75 Å². The summed E-state index contributed by atoms with van der Waals surface area (Å²) in [7, 11) is 1.48. The van der Waals surface area contributed by atoms with Gasteiger partial charge in [0, 0.05) is 11.8 Å². The molecule has 5 heteroatoms. The van der Waals surface area contributed by atoms with E-state index in [0.29, 0.717) is 11.3 Å². The van der Waals surface area contributed by atoms with Crippen molar-refractivity contribution in [1.82, 2.24) is 4.90 Å². The number of carbonyl (C=O) groups is 2. The number of imide groups is 1. The summed E-state index contributed by atoms with van der Waals surface area (Å²) in [5.41, 5.74) is 1.20. The van der Waals surface area contributed by atoms with E-state index in [2.05, 4.69) is 0 Å². The highest BCUT2D eigenvalue weighted by Gasteiger charge is 2.41. The van der Waals surface area contributed by atoms with Crippen LogP contribution < -0.4 is 4.74 Å². The summed E-state index contributed by atoms with van der Waals surface area (Å²) >= 11 is 0. The third-order valence-electron chi connectivity index (χ3n) is 3.79. The van der Waals surface area contributed by atoms with Crippen molar-refractivity contribution in [2.75, 3.05) is 7.11 Å². The SMILES string of the molecule is COc1cc(CN2C(=O)C(C)C(C)C2=O)ccc1C#N. The molecule has 1 aromatic carbocycles. The summed E-state index contributed by atoms with van der Waals surface area (Å²) in [5.74, 6) is -0.396. The lowest BCUT2D eigenvalue weighted by Gasteiger charge is -2.15. The van der Waals surface area contributed by atoms with Crippen LogP contribution in [0.2, 0.25) is 0 Å². The lowest BCUT2D eigenvalue weighted by Crippen LogP contribution is -2.30. The Morgan fingerprint density at radius 2 is 1.85 bits per heavy atom. The minimum absolute atomic E-state index is 0.147. The summed E-state index contributed by atoms with van der Waals surface area (Å²) in [6.45, 7) is 3.75. The average molecular weight is 272 g/mol. The number of nitriles is 1. The van der Waals surface area contributed by atoms with Gasteiger partial charge >= 0.3 is 0 Å². The number of hydrogen-bond donors (Lipinski definition) is 0. The van der Waals surface area contributed by atoms with E-state index in [9.17, 15) is 9.59 Å². The highest BCUT2D eigenvalue weighted by atomic mass is 16.5. The van der Waals surface area contributed by atoms with Gasteiger partial charge in [-0.2, -0.15) is 5.26 Å². The Morgan fingerprint density at radius 3 is 2.35 bits per heavy atom. The van der Waals surface area contributed by atoms with Crippen LogP contribution in [0.15, 0.2) is 18.2 Å². The van der Waals surface area contributed by atoms with Crippen LogP contribution in [0.1, 0.15) is 25.0 Å². The van der Waals surface area contributed by atoms with Crippen molar-refractivity contribution >= 4 is 11.8 Å². The second-order valence-electron chi connectivity index (χ2n) is 4.99. The summed E-state index contributed by atoms with van der Waals surface area (Å²) in [6.07, 6.45) is 0. The number of nitrogens with zero attached hydrogens (tertiary/aromatic N) is 2. The van der Waals surface area contributed by atoms with Crippen LogP contribution in [0.4, 0.5) is 0 Å². The lowest BCUT2D eigenvalue weighted by atomic mass is 10.00. The van der Waals surface area contributed by atoms with E-state index in [1.165, 1.54) is 12.0 Å². The smallest absolute Gasteiger partial charge is 0.233 e. The molecule has 1 saturated heterocycles. The average Bonchev–Trinajstić information content (AvgIpc) is 2.65. The van der Waals surface area contributed by atoms with Gasteiger partial charge in [0.05, 0.1) is 19.2 Å². The minimum atomic E-state index is -0.275. The molecule has 0 N–H and O–H groups in total. The van der Waals surface area contributed by atoms with Crippen LogP contribution in [0, 0.1) is 23.2 Å². The highest BCUT2D eigenvalue weighted by molar-refractivity contribution is 6.04. The number of methoxy groups -OCH3 is 1.